The number of nitrogens with zero attached hydrogens (tertiary/aromatic N) is 4. The number of carbonyl (C=O) groups excluding carboxylic acids is 2. The standard InChI is InChI=1S/C23H21N5O3/c1-27(23(31)15-6-3-2-4-7-15)16-9-10-19-18(14-16)26-22(21(24)30)28(19)13-11-17-20(29)8-5-12-25-17/h2-10,12,14,29H,11,13H2,1H3,(H2,24,30). The Labute approximate surface area is 178 Å². The van der Waals surface area contributed by atoms with Crippen LogP contribution in [0.3, 0.4) is 0 Å². The molecule has 0 spiro atoms. The molecule has 8 nitrogen and oxygen atoms in total. The largest absolute Gasteiger partial charge is 0.506 e. The van der Waals surface area contributed by atoms with E-state index in [0.717, 1.165) is 0 Å². The molecular formula is C23H21N5O3. The molecule has 0 aliphatic carbocycles. The number of carbonyl (C=O) groups is 2. The first kappa shape index (κ1) is 20.1. The molecule has 4 aromatic rings. The molecule has 8 heteroatoms. The molecule has 156 valence electrons. The highest BCUT2D eigenvalue weighted by Crippen LogP contribution is 2.25. The van der Waals surface area contributed by atoms with Gasteiger partial charge >= 0.3 is 0 Å². The van der Waals surface area contributed by atoms with Crippen LogP contribution < -0.4 is 10.6 Å². The average Bonchev–Trinajstić information content (AvgIpc) is 3.16. The second-order valence-corrected chi connectivity index (χ2v) is 7.07. The van der Waals surface area contributed by atoms with Gasteiger partial charge in [-0.05, 0) is 42.5 Å². The maximum atomic E-state index is 12.7. The van der Waals surface area contributed by atoms with E-state index in [1.807, 2.05) is 18.2 Å². The number of aryl methyl sites for hydroxylation is 2. The van der Waals surface area contributed by atoms with Crippen LogP contribution in [0.25, 0.3) is 11.0 Å². The lowest BCUT2D eigenvalue weighted by molar-refractivity contribution is 0.0981. The summed E-state index contributed by atoms with van der Waals surface area (Å²) in [5.41, 5.74) is 8.53. The molecule has 0 unspecified atom stereocenters. The molecule has 0 aliphatic heterocycles. The third-order valence-corrected chi connectivity index (χ3v) is 5.10. The van der Waals surface area contributed by atoms with Crippen LogP contribution in [0.2, 0.25) is 0 Å². The minimum absolute atomic E-state index is 0.0934. The molecule has 0 aliphatic rings. The number of imidazole rings is 1. The number of amides is 2. The van der Waals surface area contributed by atoms with Gasteiger partial charge in [0.05, 0.1) is 16.7 Å². The number of pyridine rings is 1. The second-order valence-electron chi connectivity index (χ2n) is 7.07. The number of fused-ring (bicyclic) bond motifs is 1. The Kier molecular flexibility index (Phi) is 5.36. The molecule has 0 atom stereocenters. The van der Waals surface area contributed by atoms with E-state index in [-0.39, 0.29) is 17.5 Å². The summed E-state index contributed by atoms with van der Waals surface area (Å²) in [6, 6.07) is 17.5. The fourth-order valence-electron chi connectivity index (χ4n) is 3.47. The van der Waals surface area contributed by atoms with Crippen LogP contribution in [0.5, 0.6) is 5.75 Å². The lowest BCUT2D eigenvalue weighted by atomic mass is 10.2. The van der Waals surface area contributed by atoms with Gasteiger partial charge in [-0.1, -0.05) is 18.2 Å². The number of benzene rings is 2. The fraction of sp³-hybridized carbons (Fsp3) is 0.130. The topological polar surface area (TPSA) is 114 Å². The Bertz CT molecular complexity index is 1270. The molecule has 2 heterocycles. The first-order chi connectivity index (χ1) is 15.0. The van der Waals surface area contributed by atoms with Gasteiger partial charge in [-0.2, -0.15) is 0 Å². The molecule has 0 saturated heterocycles. The number of hydrogen-bond acceptors (Lipinski definition) is 5. The maximum absolute atomic E-state index is 12.7. The van der Waals surface area contributed by atoms with E-state index < -0.39 is 5.91 Å². The van der Waals surface area contributed by atoms with Crippen molar-refractivity contribution in [2.75, 3.05) is 11.9 Å². The van der Waals surface area contributed by atoms with Gasteiger partial charge in [0.2, 0.25) is 0 Å². The minimum Gasteiger partial charge on any atom is -0.506 e. The quantitative estimate of drug-likeness (QED) is 0.503. The van der Waals surface area contributed by atoms with E-state index in [4.69, 9.17) is 5.73 Å². The highest BCUT2D eigenvalue weighted by atomic mass is 16.3. The van der Waals surface area contributed by atoms with Gasteiger partial charge in [0.15, 0.2) is 5.82 Å². The van der Waals surface area contributed by atoms with E-state index in [1.54, 1.807) is 60.3 Å². The SMILES string of the molecule is CN(C(=O)c1ccccc1)c1ccc2c(c1)nc(C(N)=O)n2CCc1ncccc1O. The van der Waals surface area contributed by atoms with Crippen LogP contribution in [0, 0.1) is 0 Å². The van der Waals surface area contributed by atoms with Crippen LogP contribution in [0.1, 0.15) is 26.7 Å². The summed E-state index contributed by atoms with van der Waals surface area (Å²) in [4.78, 5) is 34.8. The Morgan fingerprint density at radius 2 is 1.87 bits per heavy atom. The van der Waals surface area contributed by atoms with Crippen LogP contribution >= 0.6 is 0 Å². The fourth-order valence-corrected chi connectivity index (χ4v) is 3.47. The summed E-state index contributed by atoms with van der Waals surface area (Å²) in [5.74, 6) is -0.604. The molecule has 0 fully saturated rings. The van der Waals surface area contributed by atoms with Crippen molar-refractivity contribution in [3.8, 4) is 5.75 Å². The van der Waals surface area contributed by atoms with Crippen molar-refractivity contribution in [3.05, 3.63) is 83.9 Å². The molecule has 2 aromatic carbocycles. The summed E-state index contributed by atoms with van der Waals surface area (Å²) in [5, 5.41) is 9.96. The zero-order valence-electron chi connectivity index (χ0n) is 16.9. The maximum Gasteiger partial charge on any atom is 0.284 e. The minimum atomic E-state index is -0.656. The number of aromatic nitrogens is 3. The number of nitrogens with two attached hydrogens (primary N) is 1. The monoisotopic (exact) mass is 415 g/mol. The number of hydrogen-bond donors (Lipinski definition) is 2. The Balaban J connectivity index is 1.67. The zero-order chi connectivity index (χ0) is 22.0. The van der Waals surface area contributed by atoms with Crippen molar-refractivity contribution in [1.82, 2.24) is 14.5 Å². The molecule has 2 aromatic heterocycles. The van der Waals surface area contributed by atoms with Crippen LogP contribution in [0.15, 0.2) is 66.9 Å². The van der Waals surface area contributed by atoms with Gasteiger partial charge in [0, 0.05) is 37.5 Å². The molecular weight excluding hydrogens is 394 g/mol. The molecule has 0 saturated carbocycles. The average molecular weight is 415 g/mol. The third kappa shape index (κ3) is 3.95. The number of rotatable bonds is 6. The molecule has 4 rings (SSSR count). The zero-order valence-corrected chi connectivity index (χ0v) is 16.9. The number of anilines is 1. The van der Waals surface area contributed by atoms with Crippen molar-refractivity contribution in [2.45, 2.75) is 13.0 Å². The summed E-state index contributed by atoms with van der Waals surface area (Å²) in [7, 11) is 1.69. The van der Waals surface area contributed by atoms with Crippen LogP contribution in [0.4, 0.5) is 5.69 Å². The predicted octanol–water partition coefficient (Wildman–Crippen LogP) is 2.76. The van der Waals surface area contributed by atoms with Crippen molar-refractivity contribution in [3.63, 3.8) is 0 Å². The summed E-state index contributed by atoms with van der Waals surface area (Å²) in [6.45, 7) is 0.359. The summed E-state index contributed by atoms with van der Waals surface area (Å²) < 4.78 is 1.70. The smallest absolute Gasteiger partial charge is 0.284 e. The van der Waals surface area contributed by atoms with Gasteiger partial charge in [-0.15, -0.1) is 0 Å². The lowest BCUT2D eigenvalue weighted by Crippen LogP contribution is -2.26. The Morgan fingerprint density at radius 1 is 1.10 bits per heavy atom. The van der Waals surface area contributed by atoms with Gasteiger partial charge in [-0.25, -0.2) is 4.98 Å². The van der Waals surface area contributed by atoms with Crippen molar-refractivity contribution < 1.29 is 14.7 Å². The van der Waals surface area contributed by atoms with Gasteiger partial charge in [0.1, 0.15) is 5.75 Å². The highest BCUT2D eigenvalue weighted by molar-refractivity contribution is 6.06. The van der Waals surface area contributed by atoms with Crippen molar-refractivity contribution >= 4 is 28.5 Å². The number of primary amides is 1. The predicted molar refractivity (Wildman–Crippen MR) is 117 cm³/mol. The van der Waals surface area contributed by atoms with Crippen molar-refractivity contribution in [1.29, 1.82) is 0 Å². The van der Waals surface area contributed by atoms with Crippen molar-refractivity contribution in [2.24, 2.45) is 5.73 Å². The number of aromatic hydroxyl groups is 1. The third-order valence-electron chi connectivity index (χ3n) is 5.10. The Hall–Kier alpha value is -4.20. The highest BCUT2D eigenvalue weighted by Gasteiger charge is 2.19. The molecule has 0 bridgehead atoms. The lowest BCUT2D eigenvalue weighted by Gasteiger charge is -2.17. The molecule has 0 radical (unpaired) electrons. The van der Waals surface area contributed by atoms with Gasteiger partial charge in [-0.3, -0.25) is 14.6 Å². The van der Waals surface area contributed by atoms with Gasteiger partial charge < -0.3 is 20.3 Å². The molecule has 31 heavy (non-hydrogen) atoms. The van der Waals surface area contributed by atoms with Crippen LogP contribution in [-0.4, -0.2) is 38.5 Å². The first-order valence-electron chi connectivity index (χ1n) is 9.72. The van der Waals surface area contributed by atoms with Crippen LogP contribution in [-0.2, 0) is 13.0 Å². The van der Waals surface area contributed by atoms with E-state index in [0.29, 0.717) is 40.9 Å². The van der Waals surface area contributed by atoms with E-state index in [1.165, 1.54) is 4.90 Å². The Morgan fingerprint density at radius 3 is 2.58 bits per heavy atom. The molecule has 3 N–H and O–H groups in total. The normalized spacial score (nSPS) is 10.9. The first-order valence-corrected chi connectivity index (χ1v) is 9.72. The summed E-state index contributed by atoms with van der Waals surface area (Å²) >= 11 is 0. The van der Waals surface area contributed by atoms with E-state index in [9.17, 15) is 14.7 Å². The summed E-state index contributed by atoms with van der Waals surface area (Å²) in [6.07, 6.45) is 1.99. The molecule has 2 amide bonds. The second kappa shape index (κ2) is 8.27. The van der Waals surface area contributed by atoms with E-state index >= 15 is 0 Å². The van der Waals surface area contributed by atoms with E-state index in [2.05, 4.69) is 9.97 Å². The van der Waals surface area contributed by atoms with Gasteiger partial charge in [0.25, 0.3) is 11.8 Å².